The highest BCUT2D eigenvalue weighted by atomic mass is 16.5. The molecule has 3 nitrogen and oxygen atoms in total. The minimum atomic E-state index is 0.232. The Labute approximate surface area is 138 Å². The standard InChI is InChI=1S/C20H25NO2/c22-14-6-11-18(16-8-2-1-3-9-16)21-19-12-7-15-23-20-13-5-4-10-17(19)20/h1-5,8-10,13,18-19,21-22H,6-7,11-12,14-15H2. The van der Waals surface area contributed by atoms with E-state index in [9.17, 15) is 5.11 Å². The van der Waals surface area contributed by atoms with Gasteiger partial charge in [0.05, 0.1) is 6.61 Å². The van der Waals surface area contributed by atoms with Gasteiger partial charge < -0.3 is 15.2 Å². The highest BCUT2D eigenvalue weighted by Crippen LogP contribution is 2.33. The fraction of sp³-hybridized carbons (Fsp3) is 0.400. The summed E-state index contributed by atoms with van der Waals surface area (Å²) >= 11 is 0. The van der Waals surface area contributed by atoms with E-state index in [0.717, 1.165) is 38.0 Å². The molecule has 0 saturated carbocycles. The van der Waals surface area contributed by atoms with Gasteiger partial charge in [-0.05, 0) is 37.3 Å². The van der Waals surface area contributed by atoms with E-state index in [2.05, 4.69) is 47.8 Å². The third-order valence-electron chi connectivity index (χ3n) is 4.44. The van der Waals surface area contributed by atoms with Gasteiger partial charge in [0.2, 0.25) is 0 Å². The third-order valence-corrected chi connectivity index (χ3v) is 4.44. The Morgan fingerprint density at radius 3 is 2.70 bits per heavy atom. The zero-order valence-electron chi connectivity index (χ0n) is 13.4. The summed E-state index contributed by atoms with van der Waals surface area (Å²) in [7, 11) is 0. The molecule has 0 aromatic heterocycles. The van der Waals surface area contributed by atoms with Crippen molar-refractivity contribution in [3.05, 3.63) is 65.7 Å². The molecule has 3 heteroatoms. The van der Waals surface area contributed by atoms with Crippen molar-refractivity contribution >= 4 is 0 Å². The number of hydrogen-bond donors (Lipinski definition) is 2. The first-order chi connectivity index (χ1) is 11.4. The van der Waals surface area contributed by atoms with Crippen LogP contribution in [-0.2, 0) is 0 Å². The smallest absolute Gasteiger partial charge is 0.124 e. The second kappa shape index (κ2) is 8.14. The number of para-hydroxylation sites is 1. The van der Waals surface area contributed by atoms with Crippen LogP contribution in [0.3, 0.4) is 0 Å². The molecule has 23 heavy (non-hydrogen) atoms. The van der Waals surface area contributed by atoms with Crippen molar-refractivity contribution < 1.29 is 9.84 Å². The van der Waals surface area contributed by atoms with Crippen LogP contribution in [0.2, 0.25) is 0 Å². The first-order valence-corrected chi connectivity index (χ1v) is 8.52. The maximum absolute atomic E-state index is 9.22. The first kappa shape index (κ1) is 16.0. The molecular formula is C20H25NO2. The van der Waals surface area contributed by atoms with Crippen LogP contribution in [0, 0.1) is 0 Å². The van der Waals surface area contributed by atoms with Crippen molar-refractivity contribution in [2.75, 3.05) is 13.2 Å². The van der Waals surface area contributed by atoms with Gasteiger partial charge in [0.25, 0.3) is 0 Å². The molecule has 0 saturated heterocycles. The minimum Gasteiger partial charge on any atom is -0.493 e. The normalized spacial score (nSPS) is 18.6. The van der Waals surface area contributed by atoms with E-state index in [1.807, 2.05) is 12.1 Å². The molecule has 2 unspecified atom stereocenters. The summed E-state index contributed by atoms with van der Waals surface area (Å²) in [5, 5.41) is 13.0. The van der Waals surface area contributed by atoms with E-state index >= 15 is 0 Å². The highest BCUT2D eigenvalue weighted by molar-refractivity contribution is 5.37. The van der Waals surface area contributed by atoms with Crippen molar-refractivity contribution in [3.8, 4) is 5.75 Å². The molecule has 1 aliphatic rings. The lowest BCUT2D eigenvalue weighted by atomic mass is 9.96. The number of nitrogens with one attached hydrogen (secondary N) is 1. The molecule has 0 radical (unpaired) electrons. The summed E-state index contributed by atoms with van der Waals surface area (Å²) in [6, 6.07) is 19.4. The molecule has 3 rings (SSSR count). The second-order valence-electron chi connectivity index (χ2n) is 6.08. The number of rotatable bonds is 6. The topological polar surface area (TPSA) is 41.5 Å². The number of fused-ring (bicyclic) bond motifs is 1. The average molecular weight is 311 g/mol. The average Bonchev–Trinajstić information content (AvgIpc) is 2.82. The SMILES string of the molecule is OCCCC(NC1CCCOc2ccccc21)c1ccccc1. The van der Waals surface area contributed by atoms with Crippen LogP contribution in [0.15, 0.2) is 54.6 Å². The number of hydrogen-bond acceptors (Lipinski definition) is 3. The summed E-state index contributed by atoms with van der Waals surface area (Å²) < 4.78 is 5.87. The Bertz CT molecular complexity index is 600. The summed E-state index contributed by atoms with van der Waals surface area (Å²) in [6.07, 6.45) is 3.85. The van der Waals surface area contributed by atoms with Crippen molar-refractivity contribution in [1.29, 1.82) is 0 Å². The Hall–Kier alpha value is -1.84. The molecule has 2 atom stereocenters. The summed E-state index contributed by atoms with van der Waals surface area (Å²) in [5.41, 5.74) is 2.53. The molecule has 122 valence electrons. The van der Waals surface area contributed by atoms with Gasteiger partial charge in [0.1, 0.15) is 5.75 Å². The fourth-order valence-corrected chi connectivity index (χ4v) is 3.27. The minimum absolute atomic E-state index is 0.232. The van der Waals surface area contributed by atoms with Crippen molar-refractivity contribution in [1.82, 2.24) is 5.32 Å². The summed E-state index contributed by atoms with van der Waals surface area (Å²) in [6.45, 7) is 1.01. The highest BCUT2D eigenvalue weighted by Gasteiger charge is 2.22. The van der Waals surface area contributed by atoms with Crippen LogP contribution in [0.4, 0.5) is 0 Å². The van der Waals surface area contributed by atoms with E-state index in [1.165, 1.54) is 11.1 Å². The molecule has 0 bridgehead atoms. The molecule has 2 aromatic rings. The van der Waals surface area contributed by atoms with Crippen LogP contribution < -0.4 is 10.1 Å². The molecule has 1 heterocycles. The van der Waals surface area contributed by atoms with E-state index in [-0.39, 0.29) is 18.7 Å². The molecule has 0 amide bonds. The molecule has 1 aliphatic heterocycles. The van der Waals surface area contributed by atoms with Gasteiger partial charge in [-0.2, -0.15) is 0 Å². The Morgan fingerprint density at radius 2 is 1.87 bits per heavy atom. The van der Waals surface area contributed by atoms with E-state index in [1.54, 1.807) is 0 Å². The Kier molecular flexibility index (Phi) is 5.67. The van der Waals surface area contributed by atoms with E-state index in [4.69, 9.17) is 4.74 Å². The van der Waals surface area contributed by atoms with Gasteiger partial charge in [-0.3, -0.25) is 0 Å². The molecule has 0 aliphatic carbocycles. The van der Waals surface area contributed by atoms with E-state index in [0.29, 0.717) is 0 Å². The maximum Gasteiger partial charge on any atom is 0.124 e. The number of aliphatic hydroxyl groups is 1. The molecular weight excluding hydrogens is 286 g/mol. The second-order valence-corrected chi connectivity index (χ2v) is 6.08. The fourth-order valence-electron chi connectivity index (χ4n) is 3.27. The summed E-state index contributed by atoms with van der Waals surface area (Å²) in [4.78, 5) is 0. The van der Waals surface area contributed by atoms with Gasteiger partial charge in [-0.1, -0.05) is 48.5 Å². The molecule has 0 spiro atoms. The lowest BCUT2D eigenvalue weighted by Gasteiger charge is -2.26. The predicted molar refractivity (Wildman–Crippen MR) is 92.6 cm³/mol. The number of aliphatic hydroxyl groups excluding tert-OH is 1. The van der Waals surface area contributed by atoms with Crippen molar-refractivity contribution in [3.63, 3.8) is 0 Å². The quantitative estimate of drug-likeness (QED) is 0.847. The monoisotopic (exact) mass is 311 g/mol. The van der Waals surface area contributed by atoms with Crippen molar-refractivity contribution in [2.24, 2.45) is 0 Å². The lowest BCUT2D eigenvalue weighted by Crippen LogP contribution is -2.26. The maximum atomic E-state index is 9.22. The Balaban J connectivity index is 1.82. The van der Waals surface area contributed by atoms with Crippen LogP contribution in [-0.4, -0.2) is 18.3 Å². The lowest BCUT2D eigenvalue weighted by molar-refractivity contribution is 0.270. The van der Waals surface area contributed by atoms with Crippen LogP contribution in [0.25, 0.3) is 0 Å². The molecule has 2 aromatic carbocycles. The largest absolute Gasteiger partial charge is 0.493 e. The van der Waals surface area contributed by atoms with Gasteiger partial charge in [-0.25, -0.2) is 0 Å². The molecule has 2 N–H and O–H groups in total. The van der Waals surface area contributed by atoms with Gasteiger partial charge in [0.15, 0.2) is 0 Å². The van der Waals surface area contributed by atoms with Crippen LogP contribution in [0.1, 0.15) is 48.9 Å². The van der Waals surface area contributed by atoms with Gasteiger partial charge in [-0.15, -0.1) is 0 Å². The van der Waals surface area contributed by atoms with Crippen molar-refractivity contribution in [2.45, 2.75) is 37.8 Å². The summed E-state index contributed by atoms with van der Waals surface area (Å²) in [5.74, 6) is 0.997. The van der Waals surface area contributed by atoms with Gasteiger partial charge in [0, 0.05) is 24.3 Å². The van der Waals surface area contributed by atoms with E-state index < -0.39 is 0 Å². The number of ether oxygens (including phenoxy) is 1. The predicted octanol–water partition coefficient (Wildman–Crippen LogP) is 4.00. The molecule has 0 fully saturated rings. The third kappa shape index (κ3) is 4.12. The zero-order valence-corrected chi connectivity index (χ0v) is 13.4. The number of benzene rings is 2. The first-order valence-electron chi connectivity index (χ1n) is 8.52. The van der Waals surface area contributed by atoms with Gasteiger partial charge >= 0.3 is 0 Å². The zero-order chi connectivity index (χ0) is 15.9. The Morgan fingerprint density at radius 1 is 1.09 bits per heavy atom. The van der Waals surface area contributed by atoms with Crippen LogP contribution >= 0.6 is 0 Å². The van der Waals surface area contributed by atoms with Crippen LogP contribution in [0.5, 0.6) is 5.75 Å².